The highest BCUT2D eigenvalue weighted by Crippen LogP contribution is 2.36. The number of ether oxygens (including phenoxy) is 1. The normalized spacial score (nSPS) is 10.8. The first-order chi connectivity index (χ1) is 15.7. The van der Waals surface area contributed by atoms with Crippen molar-refractivity contribution in [1.82, 2.24) is 9.97 Å². The van der Waals surface area contributed by atoms with E-state index in [4.69, 9.17) is 4.74 Å². The van der Waals surface area contributed by atoms with Gasteiger partial charge in [0.25, 0.3) is 0 Å². The van der Waals surface area contributed by atoms with Crippen LogP contribution in [0.25, 0.3) is 33.2 Å². The third-order valence-corrected chi connectivity index (χ3v) is 5.43. The van der Waals surface area contributed by atoms with E-state index in [0.717, 1.165) is 44.5 Å². The van der Waals surface area contributed by atoms with Crippen molar-refractivity contribution in [3.63, 3.8) is 0 Å². The van der Waals surface area contributed by atoms with Crippen molar-refractivity contribution >= 4 is 28.2 Å². The van der Waals surface area contributed by atoms with E-state index in [0.29, 0.717) is 5.56 Å². The second-order valence-corrected chi connectivity index (χ2v) is 7.45. The molecule has 0 fully saturated rings. The van der Waals surface area contributed by atoms with Crippen LogP contribution >= 0.6 is 0 Å². The molecule has 0 aliphatic rings. The predicted octanol–water partition coefficient (Wildman–Crippen LogP) is 6.43. The number of nitrogens with one attached hydrogen (secondary N) is 2. The van der Waals surface area contributed by atoms with E-state index in [2.05, 4.69) is 45.6 Å². The Balaban J connectivity index is 1.71. The summed E-state index contributed by atoms with van der Waals surface area (Å²) < 4.78 is 5.02. The van der Waals surface area contributed by atoms with Crippen LogP contribution in [-0.4, -0.2) is 23.0 Å². The molecule has 0 amide bonds. The number of carbonyl (C=O) groups is 1. The summed E-state index contributed by atoms with van der Waals surface area (Å²) in [5.41, 5.74) is 7.27. The molecule has 32 heavy (non-hydrogen) atoms. The van der Waals surface area contributed by atoms with Gasteiger partial charge in [0.2, 0.25) is 0 Å². The summed E-state index contributed by atoms with van der Waals surface area (Å²) in [5, 5.41) is 4.58. The maximum atomic E-state index is 12.4. The van der Waals surface area contributed by atoms with Crippen LogP contribution in [-0.2, 0) is 4.74 Å². The standard InChI is InChI=1S/C27H21N3O2/c1-32-27(31)25-8-3-2-7-23(25)19-14-18(22-9-4-10-26-24(22)11-13-29-26)15-21(16-19)30-20-6-5-12-28-17-20/h2-17,29-30H,1H3. The van der Waals surface area contributed by atoms with Gasteiger partial charge in [-0.1, -0.05) is 30.3 Å². The molecular weight excluding hydrogens is 398 g/mol. The number of carbonyl (C=O) groups excluding carboxylic acids is 1. The Labute approximate surface area is 185 Å². The van der Waals surface area contributed by atoms with Crippen molar-refractivity contribution < 1.29 is 9.53 Å². The van der Waals surface area contributed by atoms with Crippen LogP contribution in [0.5, 0.6) is 0 Å². The highest BCUT2D eigenvalue weighted by Gasteiger charge is 2.15. The Morgan fingerprint density at radius 2 is 1.69 bits per heavy atom. The summed E-state index contributed by atoms with van der Waals surface area (Å²) in [6, 6.07) is 25.9. The number of aromatic amines is 1. The molecule has 0 unspecified atom stereocenters. The molecule has 2 aromatic heterocycles. The lowest BCUT2D eigenvalue weighted by Crippen LogP contribution is -2.03. The van der Waals surface area contributed by atoms with E-state index in [1.807, 2.05) is 48.7 Å². The summed E-state index contributed by atoms with van der Waals surface area (Å²) in [6.45, 7) is 0. The van der Waals surface area contributed by atoms with Crippen LogP contribution < -0.4 is 5.32 Å². The molecule has 0 aliphatic heterocycles. The molecule has 156 valence electrons. The Morgan fingerprint density at radius 3 is 2.50 bits per heavy atom. The van der Waals surface area contributed by atoms with Gasteiger partial charge in [-0.2, -0.15) is 0 Å². The van der Waals surface area contributed by atoms with Gasteiger partial charge in [-0.05, 0) is 70.8 Å². The Kier molecular flexibility index (Phi) is 5.14. The zero-order chi connectivity index (χ0) is 21.9. The van der Waals surface area contributed by atoms with E-state index >= 15 is 0 Å². The highest BCUT2D eigenvalue weighted by molar-refractivity contribution is 6.00. The summed E-state index contributed by atoms with van der Waals surface area (Å²) >= 11 is 0. The molecule has 2 N–H and O–H groups in total. The minimum atomic E-state index is -0.361. The number of methoxy groups -OCH3 is 1. The quantitative estimate of drug-likeness (QED) is 0.322. The first-order valence-electron chi connectivity index (χ1n) is 10.3. The van der Waals surface area contributed by atoms with Crippen LogP contribution in [0.2, 0.25) is 0 Å². The van der Waals surface area contributed by atoms with E-state index < -0.39 is 0 Å². The van der Waals surface area contributed by atoms with Crippen molar-refractivity contribution in [2.45, 2.75) is 0 Å². The fraction of sp³-hybridized carbons (Fsp3) is 0.0370. The van der Waals surface area contributed by atoms with Gasteiger partial charge >= 0.3 is 5.97 Å². The van der Waals surface area contributed by atoms with Gasteiger partial charge in [-0.15, -0.1) is 0 Å². The molecule has 0 bridgehead atoms. The molecule has 0 atom stereocenters. The predicted molar refractivity (Wildman–Crippen MR) is 128 cm³/mol. The van der Waals surface area contributed by atoms with Crippen molar-refractivity contribution in [2.24, 2.45) is 0 Å². The molecule has 5 rings (SSSR count). The van der Waals surface area contributed by atoms with Crippen LogP contribution in [0.15, 0.2) is 97.5 Å². The van der Waals surface area contributed by atoms with E-state index in [-0.39, 0.29) is 5.97 Å². The van der Waals surface area contributed by atoms with Gasteiger partial charge in [-0.25, -0.2) is 4.79 Å². The van der Waals surface area contributed by atoms with Crippen LogP contribution in [0.4, 0.5) is 11.4 Å². The van der Waals surface area contributed by atoms with Gasteiger partial charge < -0.3 is 15.0 Å². The lowest BCUT2D eigenvalue weighted by molar-refractivity contribution is 0.0601. The third-order valence-electron chi connectivity index (χ3n) is 5.43. The highest BCUT2D eigenvalue weighted by atomic mass is 16.5. The smallest absolute Gasteiger partial charge is 0.338 e. The van der Waals surface area contributed by atoms with Crippen molar-refractivity contribution in [2.75, 3.05) is 12.4 Å². The molecule has 0 saturated heterocycles. The number of hydrogen-bond donors (Lipinski definition) is 2. The topological polar surface area (TPSA) is 67.0 Å². The van der Waals surface area contributed by atoms with Crippen LogP contribution in [0.1, 0.15) is 10.4 Å². The monoisotopic (exact) mass is 419 g/mol. The molecular formula is C27H21N3O2. The Hall–Kier alpha value is -4.38. The Bertz CT molecular complexity index is 1410. The number of esters is 1. The van der Waals surface area contributed by atoms with E-state index in [1.165, 1.54) is 7.11 Å². The number of rotatable bonds is 5. The van der Waals surface area contributed by atoms with Gasteiger partial charge in [0.15, 0.2) is 0 Å². The maximum Gasteiger partial charge on any atom is 0.338 e. The lowest BCUT2D eigenvalue weighted by Gasteiger charge is -2.15. The largest absolute Gasteiger partial charge is 0.465 e. The zero-order valence-corrected chi connectivity index (χ0v) is 17.5. The molecule has 2 heterocycles. The number of H-pyrrole nitrogens is 1. The third kappa shape index (κ3) is 3.72. The van der Waals surface area contributed by atoms with Gasteiger partial charge in [-0.3, -0.25) is 4.98 Å². The fourth-order valence-electron chi connectivity index (χ4n) is 3.97. The number of nitrogens with zero attached hydrogens (tertiary/aromatic N) is 1. The average molecular weight is 419 g/mol. The molecule has 0 aliphatic carbocycles. The summed E-state index contributed by atoms with van der Waals surface area (Å²) in [5.74, 6) is -0.361. The molecule has 5 heteroatoms. The van der Waals surface area contributed by atoms with Crippen molar-refractivity contribution in [3.8, 4) is 22.3 Å². The number of fused-ring (bicyclic) bond motifs is 1. The second kappa shape index (κ2) is 8.40. The van der Waals surface area contributed by atoms with Crippen LogP contribution in [0, 0.1) is 0 Å². The first kappa shape index (κ1) is 19.6. The maximum absolute atomic E-state index is 12.4. The lowest BCUT2D eigenvalue weighted by atomic mass is 9.94. The molecule has 5 aromatic rings. The molecule has 5 nitrogen and oxygen atoms in total. The second-order valence-electron chi connectivity index (χ2n) is 7.45. The van der Waals surface area contributed by atoms with E-state index in [1.54, 1.807) is 18.5 Å². The minimum Gasteiger partial charge on any atom is -0.465 e. The SMILES string of the molecule is COC(=O)c1ccccc1-c1cc(Nc2cccnc2)cc(-c2cccc3[nH]ccc23)c1. The van der Waals surface area contributed by atoms with Crippen LogP contribution in [0.3, 0.4) is 0 Å². The molecule has 0 spiro atoms. The van der Waals surface area contributed by atoms with Gasteiger partial charge in [0.1, 0.15) is 0 Å². The van der Waals surface area contributed by atoms with Crippen molar-refractivity contribution in [1.29, 1.82) is 0 Å². The Morgan fingerprint density at radius 1 is 0.875 bits per heavy atom. The number of aromatic nitrogens is 2. The van der Waals surface area contributed by atoms with Crippen molar-refractivity contribution in [3.05, 3.63) is 103 Å². The first-order valence-corrected chi connectivity index (χ1v) is 10.3. The van der Waals surface area contributed by atoms with Gasteiger partial charge in [0.05, 0.1) is 24.6 Å². The number of hydrogen-bond acceptors (Lipinski definition) is 4. The van der Waals surface area contributed by atoms with Gasteiger partial charge in [0, 0.05) is 29.0 Å². The number of anilines is 2. The van der Waals surface area contributed by atoms with E-state index in [9.17, 15) is 4.79 Å². The fourth-order valence-corrected chi connectivity index (χ4v) is 3.97. The average Bonchev–Trinajstić information content (AvgIpc) is 3.33. The number of benzene rings is 3. The molecule has 3 aromatic carbocycles. The minimum absolute atomic E-state index is 0.361. The molecule has 0 radical (unpaired) electrons. The summed E-state index contributed by atoms with van der Waals surface area (Å²) in [7, 11) is 1.40. The zero-order valence-electron chi connectivity index (χ0n) is 17.5. The number of pyridine rings is 1. The summed E-state index contributed by atoms with van der Waals surface area (Å²) in [4.78, 5) is 19.9. The summed E-state index contributed by atoms with van der Waals surface area (Å²) in [6.07, 6.45) is 5.47. The molecule has 0 saturated carbocycles.